The van der Waals surface area contributed by atoms with E-state index in [9.17, 15) is 0 Å². The topological polar surface area (TPSA) is 70.4 Å². The quantitative estimate of drug-likeness (QED) is 0.700. The fraction of sp³-hybridized carbons (Fsp3) is 0.200. The van der Waals surface area contributed by atoms with Gasteiger partial charge < -0.3 is 19.5 Å². The lowest BCUT2D eigenvalue weighted by Crippen LogP contribution is -2.21. The van der Waals surface area contributed by atoms with Gasteiger partial charge in [0.05, 0.1) is 21.3 Å². The van der Waals surface area contributed by atoms with E-state index in [-0.39, 0.29) is 6.04 Å². The molecular formula is C20H19ClN4O3. The van der Waals surface area contributed by atoms with Gasteiger partial charge in [-0.05, 0) is 35.9 Å². The highest BCUT2D eigenvalue weighted by Gasteiger charge is 2.28. The Kier molecular flexibility index (Phi) is 4.83. The molecule has 0 fully saturated rings. The van der Waals surface area contributed by atoms with Crippen LogP contribution < -0.4 is 19.5 Å². The summed E-state index contributed by atoms with van der Waals surface area (Å²) in [6, 6.07) is 11.2. The van der Waals surface area contributed by atoms with Crippen molar-refractivity contribution < 1.29 is 14.2 Å². The Morgan fingerprint density at radius 3 is 2.39 bits per heavy atom. The Labute approximate surface area is 167 Å². The molecule has 0 aliphatic carbocycles. The molecule has 1 N–H and O–H groups in total. The maximum absolute atomic E-state index is 6.03. The molecule has 0 radical (unpaired) electrons. The van der Waals surface area contributed by atoms with Gasteiger partial charge in [-0.25, -0.2) is 4.68 Å². The summed E-state index contributed by atoms with van der Waals surface area (Å²) in [4.78, 5) is 4.33. The van der Waals surface area contributed by atoms with Crippen molar-refractivity contribution in [3.05, 3.63) is 65.0 Å². The number of allylic oxidation sites excluding steroid dienone is 1. The molecule has 0 saturated heterocycles. The van der Waals surface area contributed by atoms with Crippen molar-refractivity contribution in [2.24, 2.45) is 0 Å². The Morgan fingerprint density at radius 1 is 0.964 bits per heavy atom. The summed E-state index contributed by atoms with van der Waals surface area (Å²) in [5, 5.41) is 8.37. The number of nitrogens with one attached hydrogen (secondary N) is 1. The SMILES string of the molecule is COc1ccc([C@@H]2C=C(c3ccc(Cl)cc3)Nc3ncnn32)c(OC)c1OC. The molecule has 0 bridgehead atoms. The zero-order valence-electron chi connectivity index (χ0n) is 15.6. The van der Waals surface area contributed by atoms with Crippen LogP contribution in [0.15, 0.2) is 48.8 Å². The third-order valence-corrected chi connectivity index (χ3v) is 4.87. The van der Waals surface area contributed by atoms with Crippen LogP contribution in [0, 0.1) is 0 Å². The van der Waals surface area contributed by atoms with Crippen molar-refractivity contribution >= 4 is 23.2 Å². The third-order valence-electron chi connectivity index (χ3n) is 4.62. The highest BCUT2D eigenvalue weighted by Crippen LogP contribution is 2.45. The van der Waals surface area contributed by atoms with E-state index >= 15 is 0 Å². The van der Waals surface area contributed by atoms with Gasteiger partial charge in [0.25, 0.3) is 0 Å². The van der Waals surface area contributed by atoms with Gasteiger partial charge in [0.1, 0.15) is 12.4 Å². The average Bonchev–Trinajstić information content (AvgIpc) is 3.21. The molecule has 1 atom stereocenters. The molecule has 144 valence electrons. The molecule has 4 rings (SSSR count). The molecule has 1 aliphatic heterocycles. The summed E-state index contributed by atoms with van der Waals surface area (Å²) in [7, 11) is 4.78. The normalized spacial score (nSPS) is 15.3. The monoisotopic (exact) mass is 398 g/mol. The van der Waals surface area contributed by atoms with Crippen molar-refractivity contribution in [2.45, 2.75) is 6.04 Å². The first-order valence-corrected chi connectivity index (χ1v) is 8.97. The van der Waals surface area contributed by atoms with E-state index in [4.69, 9.17) is 25.8 Å². The van der Waals surface area contributed by atoms with Gasteiger partial charge in [0, 0.05) is 16.3 Å². The first-order valence-electron chi connectivity index (χ1n) is 8.59. The second-order valence-corrected chi connectivity index (χ2v) is 6.55. The van der Waals surface area contributed by atoms with Crippen LogP contribution >= 0.6 is 11.6 Å². The molecule has 0 amide bonds. The Bertz CT molecular complexity index is 1030. The number of hydrogen-bond acceptors (Lipinski definition) is 6. The number of ether oxygens (including phenoxy) is 3. The van der Waals surface area contributed by atoms with Crippen LogP contribution in [0.2, 0.25) is 5.02 Å². The lowest BCUT2D eigenvalue weighted by Gasteiger charge is -2.26. The van der Waals surface area contributed by atoms with Gasteiger partial charge in [-0.1, -0.05) is 23.7 Å². The van der Waals surface area contributed by atoms with Crippen LogP contribution in [0.25, 0.3) is 5.70 Å². The first kappa shape index (κ1) is 18.2. The standard InChI is InChI=1S/C20H19ClN4O3/c1-26-17-9-8-14(18(27-2)19(17)28-3)16-10-15(12-4-6-13(21)7-5-12)24-20-22-11-23-25(16)20/h4-11,16H,1-3H3,(H,22,23,24)/t16-/m0/s1. The summed E-state index contributed by atoms with van der Waals surface area (Å²) >= 11 is 6.03. The largest absolute Gasteiger partial charge is 0.493 e. The molecule has 1 aromatic heterocycles. The smallest absolute Gasteiger partial charge is 0.226 e. The second kappa shape index (κ2) is 7.44. The van der Waals surface area contributed by atoms with Crippen LogP contribution in [0.3, 0.4) is 0 Å². The zero-order valence-corrected chi connectivity index (χ0v) is 16.4. The molecule has 2 heterocycles. The molecule has 0 spiro atoms. The summed E-state index contributed by atoms with van der Waals surface area (Å²) in [6.45, 7) is 0. The maximum Gasteiger partial charge on any atom is 0.226 e. The number of halogens is 1. The van der Waals surface area contributed by atoms with E-state index in [1.54, 1.807) is 26.0 Å². The van der Waals surface area contributed by atoms with Crippen molar-refractivity contribution in [2.75, 3.05) is 26.6 Å². The van der Waals surface area contributed by atoms with E-state index in [2.05, 4.69) is 21.5 Å². The molecule has 0 unspecified atom stereocenters. The van der Waals surface area contributed by atoms with Gasteiger partial charge in [-0.15, -0.1) is 0 Å². The van der Waals surface area contributed by atoms with Gasteiger partial charge in [-0.2, -0.15) is 10.1 Å². The minimum atomic E-state index is -0.251. The van der Waals surface area contributed by atoms with Crippen LogP contribution in [0.1, 0.15) is 17.2 Å². The van der Waals surface area contributed by atoms with E-state index in [0.717, 1.165) is 16.8 Å². The first-order chi connectivity index (χ1) is 13.7. The minimum absolute atomic E-state index is 0.251. The van der Waals surface area contributed by atoms with Gasteiger partial charge in [0.15, 0.2) is 11.5 Å². The maximum atomic E-state index is 6.03. The highest BCUT2D eigenvalue weighted by atomic mass is 35.5. The van der Waals surface area contributed by atoms with E-state index in [1.807, 2.05) is 36.4 Å². The van der Waals surface area contributed by atoms with Crippen LogP contribution in [0.4, 0.5) is 5.95 Å². The number of benzene rings is 2. The number of hydrogen-bond donors (Lipinski definition) is 1. The van der Waals surface area contributed by atoms with Crippen LogP contribution in [-0.4, -0.2) is 36.1 Å². The van der Waals surface area contributed by atoms with Crippen molar-refractivity contribution in [1.82, 2.24) is 14.8 Å². The molecule has 0 saturated carbocycles. The Balaban J connectivity index is 1.87. The van der Waals surface area contributed by atoms with Gasteiger partial charge in [-0.3, -0.25) is 0 Å². The molecule has 2 aromatic carbocycles. The van der Waals surface area contributed by atoms with Crippen molar-refractivity contribution in [1.29, 1.82) is 0 Å². The Morgan fingerprint density at radius 2 is 1.71 bits per heavy atom. The molecule has 3 aromatic rings. The summed E-state index contributed by atoms with van der Waals surface area (Å²) < 4.78 is 18.4. The predicted octanol–water partition coefficient (Wildman–Crippen LogP) is 4.01. The zero-order chi connectivity index (χ0) is 19.7. The molecule has 1 aliphatic rings. The summed E-state index contributed by atoms with van der Waals surface area (Å²) in [6.07, 6.45) is 3.58. The lowest BCUT2D eigenvalue weighted by atomic mass is 10.00. The van der Waals surface area contributed by atoms with Crippen molar-refractivity contribution in [3.8, 4) is 17.2 Å². The summed E-state index contributed by atoms with van der Waals surface area (Å²) in [5.41, 5.74) is 2.77. The molecule has 8 heteroatoms. The molecular weight excluding hydrogens is 380 g/mol. The average molecular weight is 399 g/mol. The van der Waals surface area contributed by atoms with Gasteiger partial charge >= 0.3 is 0 Å². The number of nitrogens with zero attached hydrogens (tertiary/aromatic N) is 3. The number of rotatable bonds is 5. The number of aromatic nitrogens is 3. The van der Waals surface area contributed by atoms with Gasteiger partial charge in [0.2, 0.25) is 11.7 Å². The predicted molar refractivity (Wildman–Crippen MR) is 107 cm³/mol. The summed E-state index contributed by atoms with van der Waals surface area (Å²) in [5.74, 6) is 2.35. The number of fused-ring (bicyclic) bond motifs is 1. The van der Waals surface area contributed by atoms with E-state index in [0.29, 0.717) is 28.2 Å². The number of methoxy groups -OCH3 is 3. The van der Waals surface area contributed by atoms with Crippen molar-refractivity contribution in [3.63, 3.8) is 0 Å². The van der Waals surface area contributed by atoms with Crippen LogP contribution in [-0.2, 0) is 0 Å². The van der Waals surface area contributed by atoms with Crippen LogP contribution in [0.5, 0.6) is 17.2 Å². The third kappa shape index (κ3) is 3.03. The Hall–Kier alpha value is -3.19. The second-order valence-electron chi connectivity index (χ2n) is 6.11. The fourth-order valence-corrected chi connectivity index (χ4v) is 3.44. The molecule has 7 nitrogen and oxygen atoms in total. The minimum Gasteiger partial charge on any atom is -0.493 e. The highest BCUT2D eigenvalue weighted by molar-refractivity contribution is 6.30. The van der Waals surface area contributed by atoms with E-state index in [1.165, 1.54) is 6.33 Å². The number of anilines is 1. The fourth-order valence-electron chi connectivity index (χ4n) is 3.31. The lowest BCUT2D eigenvalue weighted by molar-refractivity contribution is 0.320. The van der Waals surface area contributed by atoms with E-state index < -0.39 is 0 Å². The molecule has 28 heavy (non-hydrogen) atoms.